The van der Waals surface area contributed by atoms with Gasteiger partial charge in [0, 0.05) is 16.9 Å². The average molecular weight is 416 g/mol. The Hall–Kier alpha value is -3.00. The molecule has 3 N–H and O–H groups in total. The molecule has 0 aliphatic carbocycles. The quantitative estimate of drug-likeness (QED) is 0.611. The SMILES string of the molecule is COC(=O)Nc1cccc(NC(=O)C(CCSC)NC(=O)c2cccc(C)c2)c1. The molecule has 0 aliphatic rings. The number of amides is 3. The van der Waals surface area contributed by atoms with Crippen LogP contribution in [0.15, 0.2) is 48.5 Å². The van der Waals surface area contributed by atoms with Gasteiger partial charge in [-0.3, -0.25) is 14.9 Å². The third-order valence-electron chi connectivity index (χ3n) is 4.07. The minimum atomic E-state index is -0.687. The van der Waals surface area contributed by atoms with Crippen molar-refractivity contribution in [1.29, 1.82) is 0 Å². The van der Waals surface area contributed by atoms with E-state index in [9.17, 15) is 14.4 Å². The second-order valence-electron chi connectivity index (χ2n) is 6.36. The molecule has 0 saturated carbocycles. The van der Waals surface area contributed by atoms with Crippen LogP contribution < -0.4 is 16.0 Å². The van der Waals surface area contributed by atoms with E-state index in [1.165, 1.54) is 7.11 Å². The fourth-order valence-corrected chi connectivity index (χ4v) is 3.08. The van der Waals surface area contributed by atoms with Gasteiger partial charge in [-0.25, -0.2) is 4.79 Å². The van der Waals surface area contributed by atoms with Crippen molar-refractivity contribution in [2.24, 2.45) is 0 Å². The standard InChI is InChI=1S/C21H25N3O4S/c1-14-6-4-7-15(12-14)19(25)24-18(10-11-29-3)20(26)22-16-8-5-9-17(13-16)23-21(27)28-2/h4-9,12-13,18H,10-11H2,1-3H3,(H,22,26)(H,23,27)(H,24,25). The largest absolute Gasteiger partial charge is 0.453 e. The van der Waals surface area contributed by atoms with Gasteiger partial charge in [0.25, 0.3) is 5.91 Å². The summed E-state index contributed by atoms with van der Waals surface area (Å²) in [5, 5.41) is 8.16. The molecule has 0 heterocycles. The molecule has 0 radical (unpaired) electrons. The first-order valence-electron chi connectivity index (χ1n) is 9.05. The van der Waals surface area contributed by atoms with Gasteiger partial charge in [-0.05, 0) is 55.7 Å². The molecule has 0 aromatic heterocycles. The van der Waals surface area contributed by atoms with Crippen molar-refractivity contribution in [1.82, 2.24) is 5.32 Å². The van der Waals surface area contributed by atoms with E-state index in [0.717, 1.165) is 11.3 Å². The number of rotatable bonds is 8. The first kappa shape index (κ1) is 22.3. The van der Waals surface area contributed by atoms with E-state index >= 15 is 0 Å². The maximum absolute atomic E-state index is 12.8. The number of carbonyl (C=O) groups excluding carboxylic acids is 3. The molecule has 1 atom stereocenters. The van der Waals surface area contributed by atoms with Gasteiger partial charge in [-0.1, -0.05) is 23.8 Å². The second kappa shape index (κ2) is 11.1. The summed E-state index contributed by atoms with van der Waals surface area (Å²) in [4.78, 5) is 36.7. The first-order chi connectivity index (χ1) is 13.9. The predicted molar refractivity (Wildman–Crippen MR) is 117 cm³/mol. The summed E-state index contributed by atoms with van der Waals surface area (Å²) >= 11 is 1.60. The summed E-state index contributed by atoms with van der Waals surface area (Å²) in [5.41, 5.74) is 2.47. The molecular formula is C21H25N3O4S. The lowest BCUT2D eigenvalue weighted by atomic mass is 10.1. The van der Waals surface area contributed by atoms with Crippen LogP contribution >= 0.6 is 11.8 Å². The fourth-order valence-electron chi connectivity index (χ4n) is 2.61. The highest BCUT2D eigenvalue weighted by Gasteiger charge is 2.21. The molecule has 154 valence electrons. The normalized spacial score (nSPS) is 11.3. The van der Waals surface area contributed by atoms with Gasteiger partial charge in [0.2, 0.25) is 5.91 Å². The molecule has 0 bridgehead atoms. The maximum Gasteiger partial charge on any atom is 0.411 e. The van der Waals surface area contributed by atoms with Crippen LogP contribution in [0.25, 0.3) is 0 Å². The third-order valence-corrected chi connectivity index (χ3v) is 4.72. The van der Waals surface area contributed by atoms with E-state index in [1.807, 2.05) is 19.2 Å². The van der Waals surface area contributed by atoms with Crippen LogP contribution in [0, 0.1) is 6.92 Å². The molecule has 8 heteroatoms. The number of nitrogens with one attached hydrogen (secondary N) is 3. The van der Waals surface area contributed by atoms with Crippen LogP contribution in [0.2, 0.25) is 0 Å². The Kier molecular flexibility index (Phi) is 8.54. The number of aryl methyl sites for hydroxylation is 1. The lowest BCUT2D eigenvalue weighted by molar-refractivity contribution is -0.118. The summed E-state index contributed by atoms with van der Waals surface area (Å²) in [6, 6.07) is 13.2. The number of carbonyl (C=O) groups is 3. The lowest BCUT2D eigenvalue weighted by Crippen LogP contribution is -2.44. The molecule has 3 amide bonds. The van der Waals surface area contributed by atoms with Crippen molar-refractivity contribution in [3.05, 3.63) is 59.7 Å². The van der Waals surface area contributed by atoms with Crippen molar-refractivity contribution < 1.29 is 19.1 Å². The van der Waals surface area contributed by atoms with Crippen molar-refractivity contribution in [2.45, 2.75) is 19.4 Å². The zero-order valence-corrected chi connectivity index (χ0v) is 17.5. The Morgan fingerprint density at radius 1 is 1.03 bits per heavy atom. The van der Waals surface area contributed by atoms with Crippen LogP contribution in [0.1, 0.15) is 22.3 Å². The van der Waals surface area contributed by atoms with Gasteiger partial charge in [-0.15, -0.1) is 0 Å². The van der Waals surface area contributed by atoms with Gasteiger partial charge in [-0.2, -0.15) is 11.8 Å². The highest BCUT2D eigenvalue weighted by molar-refractivity contribution is 7.98. The van der Waals surface area contributed by atoms with Crippen molar-refractivity contribution in [3.63, 3.8) is 0 Å². The topological polar surface area (TPSA) is 96.5 Å². The van der Waals surface area contributed by atoms with Crippen LogP contribution in [0.3, 0.4) is 0 Å². The molecule has 0 saturated heterocycles. The summed E-state index contributed by atoms with van der Waals surface area (Å²) in [6.07, 6.45) is 1.83. The Bertz CT molecular complexity index is 873. The number of benzene rings is 2. The second-order valence-corrected chi connectivity index (χ2v) is 7.35. The highest BCUT2D eigenvalue weighted by Crippen LogP contribution is 2.16. The number of anilines is 2. The number of hydrogen-bond acceptors (Lipinski definition) is 5. The minimum absolute atomic E-state index is 0.295. The van der Waals surface area contributed by atoms with E-state index in [0.29, 0.717) is 23.4 Å². The molecular weight excluding hydrogens is 390 g/mol. The summed E-state index contributed by atoms with van der Waals surface area (Å²) in [7, 11) is 1.27. The van der Waals surface area contributed by atoms with E-state index in [2.05, 4.69) is 20.7 Å². The van der Waals surface area contributed by atoms with Crippen molar-refractivity contribution >= 4 is 41.0 Å². The molecule has 29 heavy (non-hydrogen) atoms. The number of thioether (sulfide) groups is 1. The number of methoxy groups -OCH3 is 1. The monoisotopic (exact) mass is 415 g/mol. The number of ether oxygens (including phenoxy) is 1. The average Bonchev–Trinajstić information content (AvgIpc) is 2.71. The van der Waals surface area contributed by atoms with E-state index in [1.54, 1.807) is 54.2 Å². The summed E-state index contributed by atoms with van der Waals surface area (Å²) in [6.45, 7) is 1.91. The van der Waals surface area contributed by atoms with Crippen molar-refractivity contribution in [3.8, 4) is 0 Å². The summed E-state index contributed by atoms with van der Waals surface area (Å²) in [5.74, 6) is 0.0992. The summed E-state index contributed by atoms with van der Waals surface area (Å²) < 4.78 is 4.56. The molecule has 1 unspecified atom stereocenters. The zero-order valence-electron chi connectivity index (χ0n) is 16.7. The van der Waals surface area contributed by atoms with Crippen LogP contribution in [-0.4, -0.2) is 43.1 Å². The molecule has 2 rings (SSSR count). The molecule has 0 fully saturated rings. The van der Waals surface area contributed by atoms with Crippen LogP contribution in [0.5, 0.6) is 0 Å². The zero-order chi connectivity index (χ0) is 21.2. The van der Waals surface area contributed by atoms with Gasteiger partial charge >= 0.3 is 6.09 Å². The van der Waals surface area contributed by atoms with Gasteiger partial charge < -0.3 is 15.4 Å². The minimum Gasteiger partial charge on any atom is -0.453 e. The predicted octanol–water partition coefficient (Wildman–Crippen LogP) is 3.66. The van der Waals surface area contributed by atoms with E-state index < -0.39 is 12.1 Å². The highest BCUT2D eigenvalue weighted by atomic mass is 32.2. The molecule has 2 aromatic rings. The van der Waals surface area contributed by atoms with Gasteiger partial charge in [0.05, 0.1) is 7.11 Å². The van der Waals surface area contributed by atoms with E-state index in [4.69, 9.17) is 0 Å². The van der Waals surface area contributed by atoms with Crippen LogP contribution in [0.4, 0.5) is 16.2 Å². The van der Waals surface area contributed by atoms with Crippen LogP contribution in [-0.2, 0) is 9.53 Å². The van der Waals surface area contributed by atoms with Crippen molar-refractivity contribution in [2.75, 3.05) is 29.8 Å². The molecule has 2 aromatic carbocycles. The fraction of sp³-hybridized carbons (Fsp3) is 0.286. The first-order valence-corrected chi connectivity index (χ1v) is 10.4. The molecule has 7 nitrogen and oxygen atoms in total. The molecule has 0 spiro atoms. The van der Waals surface area contributed by atoms with Gasteiger partial charge in [0.1, 0.15) is 6.04 Å². The Morgan fingerprint density at radius 3 is 2.38 bits per heavy atom. The smallest absolute Gasteiger partial charge is 0.411 e. The maximum atomic E-state index is 12.8. The Balaban J connectivity index is 2.09. The Labute approximate surface area is 174 Å². The number of hydrogen-bond donors (Lipinski definition) is 3. The van der Waals surface area contributed by atoms with Gasteiger partial charge in [0.15, 0.2) is 0 Å². The third kappa shape index (κ3) is 7.15. The van der Waals surface area contributed by atoms with E-state index in [-0.39, 0.29) is 11.8 Å². The Morgan fingerprint density at radius 2 is 1.72 bits per heavy atom. The lowest BCUT2D eigenvalue weighted by Gasteiger charge is -2.19. The molecule has 0 aliphatic heterocycles.